The molecule has 0 aliphatic heterocycles. The normalized spacial score (nSPS) is 10.3. The molecule has 7 heteroatoms. The maximum absolute atomic E-state index is 13.0. The molecule has 0 aliphatic rings. The molecule has 84 valence electrons. The number of thiazole rings is 1. The van der Waals surface area contributed by atoms with Gasteiger partial charge < -0.3 is 9.55 Å². The van der Waals surface area contributed by atoms with Crippen LogP contribution in [0.3, 0.4) is 0 Å². The topological polar surface area (TPSA) is 47.8 Å². The van der Waals surface area contributed by atoms with E-state index in [1.54, 1.807) is 17.8 Å². The largest absolute Gasteiger partial charge is 1.00 e. The van der Waals surface area contributed by atoms with E-state index in [0.717, 1.165) is 0 Å². The van der Waals surface area contributed by atoms with Crippen LogP contribution in [0.25, 0.3) is 15.9 Å². The minimum Gasteiger partial charge on any atom is -0.389 e. The molecule has 0 aromatic carbocycles. The Kier molecular flexibility index (Phi) is 4.41. The molecule has 0 amide bonds. The Hall–Kier alpha value is -0.444. The van der Waals surface area contributed by atoms with Crippen molar-refractivity contribution in [3.63, 3.8) is 0 Å². The molecule has 0 saturated carbocycles. The molecule has 3 aromatic rings. The van der Waals surface area contributed by atoms with Crippen LogP contribution in [-0.4, -0.2) is 14.5 Å². The van der Waals surface area contributed by atoms with Crippen LogP contribution in [0.5, 0.6) is 0 Å². The van der Waals surface area contributed by atoms with Crippen molar-refractivity contribution in [1.82, 2.24) is 14.5 Å². The quantitative estimate of drug-likeness (QED) is 0.416. The molecular weight excluding hydrogens is 280 g/mol. The predicted molar refractivity (Wildman–Crippen MR) is 61.8 cm³/mol. The monoisotopic (exact) mass is 285 g/mol. The standard InChI is InChI=1S/C11H5FN3OS.K/c12-7-3-8(5-13-4-7)15-2-1-9-10(11(15)16)17-6-14-9;/h1-3,5-6H;/q-1;+1. The number of rotatable bonds is 1. The van der Waals surface area contributed by atoms with Crippen LogP contribution in [0, 0.1) is 12.0 Å². The summed E-state index contributed by atoms with van der Waals surface area (Å²) in [6.45, 7) is 0. The van der Waals surface area contributed by atoms with Crippen LogP contribution in [0.15, 0.2) is 34.8 Å². The second kappa shape index (κ2) is 5.68. The molecule has 0 radical (unpaired) electrons. The van der Waals surface area contributed by atoms with Gasteiger partial charge in [0.25, 0.3) is 5.56 Å². The first kappa shape index (κ1) is 14.0. The maximum atomic E-state index is 13.0. The van der Waals surface area contributed by atoms with E-state index in [1.165, 1.54) is 28.2 Å². The molecule has 0 spiro atoms. The van der Waals surface area contributed by atoms with Gasteiger partial charge in [0.2, 0.25) is 0 Å². The second-order valence-corrected chi connectivity index (χ2v) is 4.20. The zero-order valence-electron chi connectivity index (χ0n) is 9.42. The number of fused-ring (bicyclic) bond motifs is 1. The van der Waals surface area contributed by atoms with Gasteiger partial charge in [0.05, 0.1) is 11.0 Å². The number of aromatic nitrogens is 3. The van der Waals surface area contributed by atoms with Crippen LogP contribution in [-0.2, 0) is 0 Å². The zero-order valence-corrected chi connectivity index (χ0v) is 13.4. The third kappa shape index (κ3) is 2.47. The summed E-state index contributed by atoms with van der Waals surface area (Å²) in [5.41, 5.74) is 2.40. The van der Waals surface area contributed by atoms with Gasteiger partial charge in [0.1, 0.15) is 4.70 Å². The summed E-state index contributed by atoms with van der Waals surface area (Å²) in [6, 6.07) is 2.92. The first-order valence-corrected chi connectivity index (χ1v) is 5.62. The molecule has 3 rings (SSSR count). The van der Waals surface area contributed by atoms with Crippen molar-refractivity contribution < 1.29 is 55.8 Å². The zero-order chi connectivity index (χ0) is 11.8. The Morgan fingerprint density at radius 1 is 1.44 bits per heavy atom. The fourth-order valence-corrected chi connectivity index (χ4v) is 2.26. The summed E-state index contributed by atoms with van der Waals surface area (Å²) >= 11 is 1.26. The molecule has 0 atom stereocenters. The van der Waals surface area contributed by atoms with Gasteiger partial charge in [0.15, 0.2) is 0 Å². The molecule has 18 heavy (non-hydrogen) atoms. The van der Waals surface area contributed by atoms with Crippen molar-refractivity contribution in [1.29, 1.82) is 0 Å². The number of halogens is 1. The summed E-state index contributed by atoms with van der Waals surface area (Å²) in [6.07, 6.45) is 5.09. The number of hydrogen-bond acceptors (Lipinski definition) is 4. The van der Waals surface area contributed by atoms with E-state index in [1.807, 2.05) is 0 Å². The summed E-state index contributed by atoms with van der Waals surface area (Å²) < 4.78 is 14.9. The third-order valence-corrected chi connectivity index (χ3v) is 3.14. The Morgan fingerprint density at radius 3 is 3.06 bits per heavy atom. The molecule has 0 saturated heterocycles. The molecule has 0 fully saturated rings. The molecule has 0 unspecified atom stereocenters. The third-order valence-electron chi connectivity index (χ3n) is 2.31. The molecule has 4 nitrogen and oxygen atoms in total. The Morgan fingerprint density at radius 2 is 2.28 bits per heavy atom. The van der Waals surface area contributed by atoms with E-state index in [0.29, 0.717) is 15.9 Å². The summed E-state index contributed by atoms with van der Waals surface area (Å²) in [4.78, 5) is 19.7. The van der Waals surface area contributed by atoms with E-state index in [4.69, 9.17) is 0 Å². The molecule has 0 bridgehead atoms. The average molecular weight is 285 g/mol. The van der Waals surface area contributed by atoms with E-state index in [2.05, 4.69) is 16.2 Å². The van der Waals surface area contributed by atoms with Gasteiger partial charge in [0, 0.05) is 12.0 Å². The van der Waals surface area contributed by atoms with Crippen LogP contribution in [0.2, 0.25) is 0 Å². The van der Waals surface area contributed by atoms with Gasteiger partial charge in [-0.1, -0.05) is 6.20 Å². The maximum Gasteiger partial charge on any atom is 1.00 e. The average Bonchev–Trinajstić information content (AvgIpc) is 2.78. The van der Waals surface area contributed by atoms with Crippen LogP contribution in [0.1, 0.15) is 0 Å². The fraction of sp³-hybridized carbons (Fsp3) is 0. The van der Waals surface area contributed by atoms with Gasteiger partial charge in [-0.05, 0) is 18.0 Å². The van der Waals surface area contributed by atoms with Gasteiger partial charge in [-0.25, -0.2) is 9.37 Å². The van der Waals surface area contributed by atoms with Crippen molar-refractivity contribution in [2.24, 2.45) is 0 Å². The second-order valence-electron chi connectivity index (χ2n) is 3.34. The molecular formula is C11H5FKN3OS. The first-order chi connectivity index (χ1) is 8.25. The molecule has 0 N–H and O–H groups in total. The van der Waals surface area contributed by atoms with Gasteiger partial charge in [-0.2, -0.15) is 0 Å². The van der Waals surface area contributed by atoms with E-state index in [9.17, 15) is 9.18 Å². The van der Waals surface area contributed by atoms with Crippen LogP contribution < -0.4 is 56.9 Å². The molecule has 0 aliphatic carbocycles. The summed E-state index contributed by atoms with van der Waals surface area (Å²) in [5.74, 6) is -0.598. The smallest absolute Gasteiger partial charge is 0.389 e. The van der Waals surface area contributed by atoms with Crippen molar-refractivity contribution >= 4 is 21.6 Å². The summed E-state index contributed by atoms with van der Waals surface area (Å²) in [5, 5.41) is 0. The van der Waals surface area contributed by atoms with E-state index >= 15 is 0 Å². The SMILES string of the molecule is O=c1c2scnc2ccn1-c1cn[c-]c(F)c1.[K+]. The van der Waals surface area contributed by atoms with Crippen molar-refractivity contribution in [3.05, 3.63) is 52.4 Å². The number of nitrogens with zero attached hydrogens (tertiary/aromatic N) is 3. The Balaban J connectivity index is 0.00000120. The van der Waals surface area contributed by atoms with E-state index in [-0.39, 0.29) is 56.9 Å². The van der Waals surface area contributed by atoms with E-state index < -0.39 is 5.82 Å². The van der Waals surface area contributed by atoms with Crippen LogP contribution >= 0.6 is 11.3 Å². The molecule has 3 aromatic heterocycles. The fourth-order valence-electron chi connectivity index (χ4n) is 1.55. The number of hydrogen-bond donors (Lipinski definition) is 0. The minimum atomic E-state index is -0.598. The predicted octanol–water partition coefficient (Wildman–Crippen LogP) is -1.21. The van der Waals surface area contributed by atoms with Crippen molar-refractivity contribution in [2.75, 3.05) is 0 Å². The minimum absolute atomic E-state index is 0. The first-order valence-electron chi connectivity index (χ1n) is 4.74. The Bertz CT molecular complexity index is 755. The van der Waals surface area contributed by atoms with Crippen molar-refractivity contribution in [2.45, 2.75) is 0 Å². The van der Waals surface area contributed by atoms with Crippen molar-refractivity contribution in [3.8, 4) is 5.69 Å². The number of pyridine rings is 2. The van der Waals surface area contributed by atoms with Gasteiger partial charge >= 0.3 is 51.4 Å². The van der Waals surface area contributed by atoms with Crippen LogP contribution in [0.4, 0.5) is 4.39 Å². The van der Waals surface area contributed by atoms with Gasteiger partial charge in [-0.3, -0.25) is 4.79 Å². The van der Waals surface area contributed by atoms with Gasteiger partial charge in [-0.15, -0.1) is 17.4 Å². The summed E-state index contributed by atoms with van der Waals surface area (Å²) in [7, 11) is 0. The Labute approximate surface area is 148 Å². The molecule has 3 heterocycles.